The van der Waals surface area contributed by atoms with Crippen LogP contribution < -0.4 is 5.32 Å². The van der Waals surface area contributed by atoms with Gasteiger partial charge in [-0.3, -0.25) is 10.1 Å². The third-order valence-corrected chi connectivity index (χ3v) is 3.73. The third kappa shape index (κ3) is 4.09. The van der Waals surface area contributed by atoms with Crippen LogP contribution in [0, 0.1) is 17.0 Å². The average molecular weight is 325 g/mol. The molecule has 0 aromatic heterocycles. The van der Waals surface area contributed by atoms with Crippen molar-refractivity contribution in [2.45, 2.75) is 13.3 Å². The summed E-state index contributed by atoms with van der Waals surface area (Å²) in [4.78, 5) is 10.3. The third-order valence-electron chi connectivity index (χ3n) is 3.15. The number of benzene rings is 2. The zero-order valence-electron chi connectivity index (χ0n) is 11.4. The lowest BCUT2D eigenvalue weighted by molar-refractivity contribution is -0.384. The van der Waals surface area contributed by atoms with Crippen molar-refractivity contribution in [2.24, 2.45) is 0 Å². The van der Waals surface area contributed by atoms with E-state index in [4.69, 9.17) is 23.2 Å². The molecule has 0 saturated carbocycles. The molecule has 0 spiro atoms. The zero-order chi connectivity index (χ0) is 15.4. The van der Waals surface area contributed by atoms with E-state index in [0.29, 0.717) is 16.6 Å². The van der Waals surface area contributed by atoms with E-state index < -0.39 is 4.92 Å². The van der Waals surface area contributed by atoms with Gasteiger partial charge in [0.05, 0.1) is 4.92 Å². The number of hydrogen-bond donors (Lipinski definition) is 1. The fourth-order valence-electron chi connectivity index (χ4n) is 2.02. The highest BCUT2D eigenvalue weighted by Gasteiger charge is 2.08. The molecule has 0 heterocycles. The topological polar surface area (TPSA) is 55.2 Å². The molecular formula is C15H14Cl2N2O2. The Hall–Kier alpha value is -1.78. The molecule has 2 aromatic carbocycles. The second-order valence-electron chi connectivity index (χ2n) is 4.67. The first-order chi connectivity index (χ1) is 9.97. The van der Waals surface area contributed by atoms with E-state index in [1.807, 2.05) is 13.0 Å². The lowest BCUT2D eigenvalue weighted by atomic mass is 10.1. The molecule has 0 atom stereocenters. The van der Waals surface area contributed by atoms with E-state index in [-0.39, 0.29) is 5.69 Å². The van der Waals surface area contributed by atoms with Crippen molar-refractivity contribution in [3.63, 3.8) is 0 Å². The van der Waals surface area contributed by atoms with Gasteiger partial charge in [0, 0.05) is 34.4 Å². The van der Waals surface area contributed by atoms with Crippen molar-refractivity contribution < 1.29 is 4.92 Å². The zero-order valence-corrected chi connectivity index (χ0v) is 12.9. The molecule has 0 aliphatic carbocycles. The van der Waals surface area contributed by atoms with Crippen LogP contribution in [0.4, 0.5) is 11.4 Å². The first-order valence-electron chi connectivity index (χ1n) is 6.40. The average Bonchev–Trinajstić information content (AvgIpc) is 2.42. The molecule has 4 nitrogen and oxygen atoms in total. The van der Waals surface area contributed by atoms with Crippen LogP contribution in [0.3, 0.4) is 0 Å². The molecule has 0 amide bonds. The molecule has 0 saturated heterocycles. The van der Waals surface area contributed by atoms with Crippen LogP contribution in [0.2, 0.25) is 10.0 Å². The number of non-ortho nitro benzene ring substituents is 1. The first-order valence-corrected chi connectivity index (χ1v) is 7.16. The number of rotatable bonds is 5. The Kier molecular flexibility index (Phi) is 5.04. The fraction of sp³-hybridized carbons (Fsp3) is 0.200. The van der Waals surface area contributed by atoms with Gasteiger partial charge in [-0.25, -0.2) is 0 Å². The van der Waals surface area contributed by atoms with Crippen LogP contribution in [-0.4, -0.2) is 11.5 Å². The van der Waals surface area contributed by atoms with Crippen molar-refractivity contribution in [2.75, 3.05) is 11.9 Å². The van der Waals surface area contributed by atoms with Crippen LogP contribution in [-0.2, 0) is 6.42 Å². The molecule has 0 fully saturated rings. The number of aryl methyl sites for hydroxylation is 1. The summed E-state index contributed by atoms with van der Waals surface area (Å²) < 4.78 is 0. The van der Waals surface area contributed by atoms with E-state index in [9.17, 15) is 10.1 Å². The SMILES string of the molecule is Cc1cc([N+](=O)[O-])ccc1NCCc1ccc(Cl)cc1Cl. The van der Waals surface area contributed by atoms with Gasteiger partial charge in [-0.15, -0.1) is 0 Å². The van der Waals surface area contributed by atoms with Crippen molar-refractivity contribution in [3.8, 4) is 0 Å². The Balaban J connectivity index is 1.99. The number of nitro benzene ring substituents is 1. The van der Waals surface area contributed by atoms with E-state index in [1.54, 1.807) is 24.3 Å². The highest BCUT2D eigenvalue weighted by atomic mass is 35.5. The van der Waals surface area contributed by atoms with Gasteiger partial charge in [-0.05, 0) is 42.7 Å². The molecule has 2 aromatic rings. The highest BCUT2D eigenvalue weighted by Crippen LogP contribution is 2.23. The Morgan fingerprint density at radius 3 is 2.57 bits per heavy atom. The van der Waals surface area contributed by atoms with Crippen molar-refractivity contribution >= 4 is 34.6 Å². The molecule has 2 rings (SSSR count). The van der Waals surface area contributed by atoms with Crippen LogP contribution in [0.15, 0.2) is 36.4 Å². The first kappa shape index (κ1) is 15.6. The standard InChI is InChI=1S/C15H14Cl2N2O2/c1-10-8-13(19(20)21)4-5-15(10)18-7-6-11-2-3-12(16)9-14(11)17/h2-5,8-9,18H,6-7H2,1H3. The summed E-state index contributed by atoms with van der Waals surface area (Å²) >= 11 is 12.0. The monoisotopic (exact) mass is 324 g/mol. The summed E-state index contributed by atoms with van der Waals surface area (Å²) in [6.07, 6.45) is 0.742. The van der Waals surface area contributed by atoms with Gasteiger partial charge in [0.2, 0.25) is 0 Å². The van der Waals surface area contributed by atoms with E-state index in [2.05, 4.69) is 5.32 Å². The normalized spacial score (nSPS) is 10.4. The quantitative estimate of drug-likeness (QED) is 0.630. The second kappa shape index (κ2) is 6.78. The minimum Gasteiger partial charge on any atom is -0.384 e. The van der Waals surface area contributed by atoms with Crippen LogP contribution in [0.5, 0.6) is 0 Å². The smallest absolute Gasteiger partial charge is 0.269 e. The van der Waals surface area contributed by atoms with Crippen molar-refractivity contribution in [1.82, 2.24) is 0 Å². The maximum atomic E-state index is 10.7. The van der Waals surface area contributed by atoms with Crippen molar-refractivity contribution in [1.29, 1.82) is 0 Å². The van der Waals surface area contributed by atoms with Crippen molar-refractivity contribution in [3.05, 3.63) is 67.7 Å². The maximum absolute atomic E-state index is 10.7. The maximum Gasteiger partial charge on any atom is 0.269 e. The number of halogens is 2. The fourth-order valence-corrected chi connectivity index (χ4v) is 2.52. The molecule has 6 heteroatoms. The van der Waals surface area contributed by atoms with Gasteiger partial charge in [0.25, 0.3) is 5.69 Å². The molecule has 0 aliphatic rings. The predicted octanol–water partition coefficient (Wildman–Crippen LogP) is 4.86. The van der Waals surface area contributed by atoms with Gasteiger partial charge < -0.3 is 5.32 Å². The van der Waals surface area contributed by atoms with Crippen LogP contribution >= 0.6 is 23.2 Å². The number of nitrogens with zero attached hydrogens (tertiary/aromatic N) is 1. The molecule has 0 radical (unpaired) electrons. The minimum absolute atomic E-state index is 0.0961. The number of hydrogen-bond acceptors (Lipinski definition) is 3. The summed E-state index contributed by atoms with van der Waals surface area (Å²) in [5.41, 5.74) is 2.82. The molecule has 0 bridgehead atoms. The highest BCUT2D eigenvalue weighted by molar-refractivity contribution is 6.35. The summed E-state index contributed by atoms with van der Waals surface area (Å²) in [7, 11) is 0. The molecule has 21 heavy (non-hydrogen) atoms. The Labute approximate surface area is 132 Å². The van der Waals surface area contributed by atoms with E-state index in [1.165, 1.54) is 6.07 Å². The van der Waals surface area contributed by atoms with Gasteiger partial charge >= 0.3 is 0 Å². The van der Waals surface area contributed by atoms with Crippen LogP contribution in [0.25, 0.3) is 0 Å². The number of nitrogens with one attached hydrogen (secondary N) is 1. The largest absolute Gasteiger partial charge is 0.384 e. The van der Waals surface area contributed by atoms with Gasteiger partial charge in [0.1, 0.15) is 0 Å². The Morgan fingerprint density at radius 2 is 1.95 bits per heavy atom. The lowest BCUT2D eigenvalue weighted by Crippen LogP contribution is -2.06. The Morgan fingerprint density at radius 1 is 1.19 bits per heavy atom. The minimum atomic E-state index is -0.399. The predicted molar refractivity (Wildman–Crippen MR) is 86.5 cm³/mol. The van der Waals surface area contributed by atoms with Crippen LogP contribution in [0.1, 0.15) is 11.1 Å². The summed E-state index contributed by atoms with van der Waals surface area (Å²) in [6.45, 7) is 2.52. The van der Waals surface area contributed by atoms with Gasteiger partial charge in [-0.2, -0.15) is 0 Å². The van der Waals surface area contributed by atoms with Gasteiger partial charge in [0.15, 0.2) is 0 Å². The summed E-state index contributed by atoms with van der Waals surface area (Å²) in [5, 5.41) is 15.2. The Bertz CT molecular complexity index is 675. The second-order valence-corrected chi connectivity index (χ2v) is 5.51. The van der Waals surface area contributed by atoms with E-state index >= 15 is 0 Å². The van der Waals surface area contributed by atoms with Gasteiger partial charge in [-0.1, -0.05) is 29.3 Å². The lowest BCUT2D eigenvalue weighted by Gasteiger charge is -2.10. The number of nitro groups is 1. The molecule has 0 aliphatic heterocycles. The molecule has 0 unspecified atom stereocenters. The molecular weight excluding hydrogens is 311 g/mol. The number of anilines is 1. The summed E-state index contributed by atoms with van der Waals surface area (Å²) in [6, 6.07) is 10.2. The molecule has 1 N–H and O–H groups in total. The molecule has 110 valence electrons. The van der Waals surface area contributed by atoms with E-state index in [0.717, 1.165) is 23.2 Å². The summed E-state index contributed by atoms with van der Waals surface area (Å²) in [5.74, 6) is 0.